The Morgan fingerprint density at radius 3 is 2.62 bits per heavy atom. The Morgan fingerprint density at radius 2 is 2.00 bits per heavy atom. The van der Waals surface area contributed by atoms with Gasteiger partial charge in [0.25, 0.3) is 0 Å². The predicted molar refractivity (Wildman–Crippen MR) is 86.8 cm³/mol. The molecule has 7 heteroatoms. The van der Waals surface area contributed by atoms with Crippen LogP contribution < -0.4 is 0 Å². The lowest BCUT2D eigenvalue weighted by Crippen LogP contribution is -2.43. The van der Waals surface area contributed by atoms with Gasteiger partial charge < -0.3 is 24.1 Å². The van der Waals surface area contributed by atoms with Crippen molar-refractivity contribution in [2.45, 2.75) is 49.3 Å². The van der Waals surface area contributed by atoms with E-state index in [2.05, 4.69) is 13.2 Å². The molecule has 0 amide bonds. The highest BCUT2D eigenvalue weighted by atomic mass is 16.6. The largest absolute Gasteiger partial charge is 0.459 e. The van der Waals surface area contributed by atoms with Gasteiger partial charge in [0.15, 0.2) is 5.60 Å². The Balaban J connectivity index is 1.51. The molecule has 0 bridgehead atoms. The molecule has 3 heterocycles. The van der Waals surface area contributed by atoms with Crippen molar-refractivity contribution in [1.29, 1.82) is 0 Å². The first-order valence-corrected chi connectivity index (χ1v) is 9.01. The SMILES string of the molecule is C=C1C(=O)O[C@H]2[C@H]1[C@@H](OC(=O)[C@]1(C)CO1)CC(=C)[C@@H]1C[C@H](O)[C@@]3(CO3)[C@H]21. The maximum absolute atomic E-state index is 12.4. The van der Waals surface area contributed by atoms with Crippen molar-refractivity contribution in [2.75, 3.05) is 13.2 Å². The minimum absolute atomic E-state index is 0.0461. The number of carbonyl (C=O) groups is 2. The molecule has 0 aromatic heterocycles. The molecule has 0 aromatic rings. The average Bonchev–Trinajstić information content (AvgIpc) is 3.47. The Kier molecular flexibility index (Phi) is 3.15. The monoisotopic (exact) mass is 362 g/mol. The van der Waals surface area contributed by atoms with Gasteiger partial charge in [0.05, 0.1) is 25.2 Å². The van der Waals surface area contributed by atoms with Gasteiger partial charge in [-0.2, -0.15) is 0 Å². The molecule has 5 fully saturated rings. The standard InChI is InChI=1S/C19H22O7/c1-8-4-11(25-17(22)18(3)6-23-18)13-9(2)16(21)26-15(13)14-10(8)5-12(20)19(14)7-24-19/h10-15,20H,1-2,4-7H2,3H3/t10-,11-,12-,13+,14-,15-,18-,19-/m0/s1. The molecule has 5 aliphatic rings. The minimum atomic E-state index is -0.902. The summed E-state index contributed by atoms with van der Waals surface area (Å²) in [6.45, 7) is 10.5. The quantitative estimate of drug-likeness (QED) is 0.331. The van der Waals surface area contributed by atoms with Crippen molar-refractivity contribution >= 4 is 11.9 Å². The van der Waals surface area contributed by atoms with Crippen LogP contribution in [0.25, 0.3) is 0 Å². The molecule has 7 nitrogen and oxygen atoms in total. The van der Waals surface area contributed by atoms with E-state index >= 15 is 0 Å². The molecule has 0 aromatic carbocycles. The maximum Gasteiger partial charge on any atom is 0.340 e. The fourth-order valence-corrected chi connectivity index (χ4v) is 5.02. The van der Waals surface area contributed by atoms with Crippen molar-refractivity contribution in [3.63, 3.8) is 0 Å². The van der Waals surface area contributed by atoms with Gasteiger partial charge in [0, 0.05) is 17.9 Å². The van der Waals surface area contributed by atoms with Crippen molar-refractivity contribution in [3.8, 4) is 0 Å². The van der Waals surface area contributed by atoms with Gasteiger partial charge in [0.2, 0.25) is 0 Å². The molecule has 1 spiro atoms. The lowest BCUT2D eigenvalue weighted by molar-refractivity contribution is -0.158. The number of carbonyl (C=O) groups excluding carboxylic acids is 2. The lowest BCUT2D eigenvalue weighted by Gasteiger charge is -2.30. The third kappa shape index (κ3) is 2.05. The van der Waals surface area contributed by atoms with E-state index in [1.54, 1.807) is 6.92 Å². The van der Waals surface area contributed by atoms with Crippen molar-refractivity contribution < 1.29 is 33.6 Å². The molecule has 140 valence electrons. The van der Waals surface area contributed by atoms with E-state index < -0.39 is 47.4 Å². The normalized spacial score (nSPS) is 51.5. The molecular weight excluding hydrogens is 340 g/mol. The Labute approximate surface area is 150 Å². The van der Waals surface area contributed by atoms with Gasteiger partial charge in [-0.3, -0.25) is 0 Å². The number of esters is 2. The molecule has 0 unspecified atom stereocenters. The first kappa shape index (κ1) is 16.5. The summed E-state index contributed by atoms with van der Waals surface area (Å²) in [5, 5.41) is 10.5. The van der Waals surface area contributed by atoms with Crippen molar-refractivity contribution in [1.82, 2.24) is 0 Å². The van der Waals surface area contributed by atoms with Crippen molar-refractivity contribution in [2.24, 2.45) is 17.8 Å². The van der Waals surface area contributed by atoms with Gasteiger partial charge in [-0.25, -0.2) is 9.59 Å². The van der Waals surface area contributed by atoms with E-state index in [-0.39, 0.29) is 11.8 Å². The summed E-state index contributed by atoms with van der Waals surface area (Å²) in [5.41, 5.74) is -0.396. The molecule has 2 aliphatic carbocycles. The molecule has 3 saturated heterocycles. The van der Waals surface area contributed by atoms with Crippen LogP contribution in [0.1, 0.15) is 19.8 Å². The topological polar surface area (TPSA) is 97.9 Å². The Hall–Kier alpha value is -1.70. The molecule has 0 radical (unpaired) electrons. The van der Waals surface area contributed by atoms with Crippen LogP contribution >= 0.6 is 0 Å². The van der Waals surface area contributed by atoms with Crippen LogP contribution in [0.4, 0.5) is 0 Å². The zero-order valence-corrected chi connectivity index (χ0v) is 14.6. The summed E-state index contributed by atoms with van der Waals surface area (Å²) in [6.07, 6.45) is -0.815. The van der Waals surface area contributed by atoms with E-state index in [1.807, 2.05) is 0 Å². The number of aliphatic hydroxyl groups is 1. The van der Waals surface area contributed by atoms with Crippen LogP contribution in [-0.4, -0.2) is 59.8 Å². The van der Waals surface area contributed by atoms with E-state index in [0.29, 0.717) is 31.6 Å². The van der Waals surface area contributed by atoms with Gasteiger partial charge in [-0.1, -0.05) is 18.7 Å². The second kappa shape index (κ2) is 4.97. The number of rotatable bonds is 2. The molecular formula is C19H22O7. The molecule has 3 aliphatic heterocycles. The molecule has 5 rings (SSSR count). The first-order chi connectivity index (χ1) is 12.3. The summed E-state index contributed by atoms with van der Waals surface area (Å²) < 4.78 is 22.3. The maximum atomic E-state index is 12.4. The number of hydrogen-bond acceptors (Lipinski definition) is 7. The number of hydrogen-bond donors (Lipinski definition) is 1. The Morgan fingerprint density at radius 1 is 1.31 bits per heavy atom. The van der Waals surface area contributed by atoms with Gasteiger partial charge in [-0.05, 0) is 19.3 Å². The fraction of sp³-hybridized carbons (Fsp3) is 0.684. The Bertz CT molecular complexity index is 732. The highest BCUT2D eigenvalue weighted by Crippen LogP contribution is 2.60. The van der Waals surface area contributed by atoms with Gasteiger partial charge >= 0.3 is 11.9 Å². The zero-order chi connectivity index (χ0) is 18.4. The summed E-state index contributed by atoms with van der Waals surface area (Å²) >= 11 is 0. The van der Waals surface area contributed by atoms with Crippen LogP contribution in [0.15, 0.2) is 24.3 Å². The van der Waals surface area contributed by atoms with Gasteiger partial charge in [-0.15, -0.1) is 0 Å². The average molecular weight is 362 g/mol. The smallest absolute Gasteiger partial charge is 0.340 e. The highest BCUT2D eigenvalue weighted by Gasteiger charge is 2.71. The molecule has 26 heavy (non-hydrogen) atoms. The van der Waals surface area contributed by atoms with Crippen molar-refractivity contribution in [3.05, 3.63) is 24.3 Å². The van der Waals surface area contributed by atoms with Crippen LogP contribution in [0.5, 0.6) is 0 Å². The fourth-order valence-electron chi connectivity index (χ4n) is 5.02. The van der Waals surface area contributed by atoms with E-state index in [4.69, 9.17) is 18.9 Å². The van der Waals surface area contributed by atoms with Crippen LogP contribution in [0.2, 0.25) is 0 Å². The van der Waals surface area contributed by atoms with E-state index in [1.165, 1.54) is 0 Å². The van der Waals surface area contributed by atoms with Crippen LogP contribution in [0.3, 0.4) is 0 Å². The second-order valence-electron chi connectivity index (χ2n) is 8.37. The van der Waals surface area contributed by atoms with Crippen LogP contribution in [0, 0.1) is 17.8 Å². The zero-order valence-electron chi connectivity index (χ0n) is 14.6. The summed E-state index contributed by atoms with van der Waals surface area (Å²) in [7, 11) is 0. The summed E-state index contributed by atoms with van der Waals surface area (Å²) in [6, 6.07) is 0. The highest BCUT2D eigenvalue weighted by molar-refractivity contribution is 5.91. The number of aliphatic hydroxyl groups excluding tert-OH is 1. The third-order valence-electron chi connectivity index (χ3n) is 6.79. The molecule has 8 atom stereocenters. The molecule has 2 saturated carbocycles. The summed E-state index contributed by atoms with van der Waals surface area (Å²) in [5.74, 6) is -1.62. The third-order valence-corrected chi connectivity index (χ3v) is 6.79. The van der Waals surface area contributed by atoms with Crippen LogP contribution in [-0.2, 0) is 28.5 Å². The number of fused-ring (bicyclic) bond motifs is 4. The van der Waals surface area contributed by atoms with E-state index in [9.17, 15) is 14.7 Å². The lowest BCUT2D eigenvalue weighted by atomic mass is 9.78. The van der Waals surface area contributed by atoms with E-state index in [0.717, 1.165) is 5.57 Å². The number of epoxide rings is 2. The predicted octanol–water partition coefficient (Wildman–Crippen LogP) is 0.511. The molecule has 1 N–H and O–H groups in total. The second-order valence-corrected chi connectivity index (χ2v) is 8.37. The van der Waals surface area contributed by atoms with Gasteiger partial charge in [0.1, 0.15) is 17.8 Å². The number of ether oxygens (including phenoxy) is 4. The minimum Gasteiger partial charge on any atom is -0.459 e. The summed E-state index contributed by atoms with van der Waals surface area (Å²) in [4.78, 5) is 24.7. The first-order valence-electron chi connectivity index (χ1n) is 9.01.